The fourth-order valence-electron chi connectivity index (χ4n) is 9.33. The number of nitrogens with two attached hydrogens (primary N) is 1. The summed E-state index contributed by atoms with van der Waals surface area (Å²) in [4.78, 5) is 153. The molecule has 88 heavy (non-hydrogen) atoms. The molecule has 4 aromatic rings. The van der Waals surface area contributed by atoms with E-state index in [-0.39, 0.29) is 49.5 Å². The number of aromatic amines is 1. The number of aromatic hydroxyl groups is 1. The van der Waals surface area contributed by atoms with E-state index in [1.807, 2.05) is 0 Å². The number of H-pyrrole nitrogens is 1. The maximum Gasteiger partial charge on any atom is 0.326 e. The fourth-order valence-corrected chi connectivity index (χ4v) is 9.81. The summed E-state index contributed by atoms with van der Waals surface area (Å²) in [7, 11) is 0. The number of hydrogen-bond acceptors (Lipinski definition) is 15. The lowest BCUT2D eigenvalue weighted by atomic mass is 9.99. The molecule has 0 aliphatic heterocycles. The van der Waals surface area contributed by atoms with Gasteiger partial charge in [0.05, 0.1) is 18.7 Å². The van der Waals surface area contributed by atoms with Crippen LogP contribution in [0.2, 0.25) is 0 Å². The second-order valence-electron chi connectivity index (χ2n) is 22.7. The van der Waals surface area contributed by atoms with Gasteiger partial charge in [-0.2, -0.15) is 11.8 Å². The molecule has 0 saturated carbocycles. The van der Waals surface area contributed by atoms with Crippen molar-refractivity contribution in [1.82, 2.24) is 52.8 Å². The van der Waals surface area contributed by atoms with Crippen LogP contribution in [0, 0.1) is 17.8 Å². The second kappa shape index (κ2) is 35.3. The average Bonchev–Trinajstić information content (AvgIpc) is 2.20. The number of aliphatic hydroxyl groups is 1. The number of carboxylic acids is 2. The Morgan fingerprint density at radius 1 is 0.534 bits per heavy atom. The zero-order valence-electron chi connectivity index (χ0n) is 50.7. The minimum Gasteiger partial charge on any atom is -0.508 e. The molecule has 0 aliphatic carbocycles. The average molecular weight is 1240 g/mol. The van der Waals surface area contributed by atoms with Crippen molar-refractivity contribution < 1.29 is 73.2 Å². The number of para-hydroxylation sites is 1. The van der Waals surface area contributed by atoms with E-state index in [9.17, 15) is 73.2 Å². The molecular weight excluding hydrogens is 1160 g/mol. The van der Waals surface area contributed by atoms with E-state index in [1.165, 1.54) is 30.8 Å². The number of rotatable bonds is 36. The molecule has 0 spiro atoms. The summed E-state index contributed by atoms with van der Waals surface area (Å²) in [5, 5.41) is 63.7. The highest BCUT2D eigenvalue weighted by atomic mass is 32.2. The summed E-state index contributed by atoms with van der Waals surface area (Å²) < 4.78 is 0. The number of phenols is 1. The number of amides is 9. The quantitative estimate of drug-likeness (QED) is 0.0297. The zero-order chi connectivity index (χ0) is 65.4. The summed E-state index contributed by atoms with van der Waals surface area (Å²) in [6, 6.07) is 9.06. The summed E-state index contributed by atoms with van der Waals surface area (Å²) in [6.07, 6.45) is 0.358. The number of carbonyl (C=O) groups is 11. The van der Waals surface area contributed by atoms with E-state index >= 15 is 0 Å². The highest BCUT2D eigenvalue weighted by Crippen LogP contribution is 2.21. The largest absolute Gasteiger partial charge is 0.508 e. The maximum atomic E-state index is 14.6. The van der Waals surface area contributed by atoms with Gasteiger partial charge in [0.1, 0.15) is 54.1 Å². The molecule has 16 N–H and O–H groups in total. The second-order valence-corrected chi connectivity index (χ2v) is 23.7. The van der Waals surface area contributed by atoms with Crippen LogP contribution in [-0.4, -0.2) is 170 Å². The standard InChI is InChI=1S/C61H85N11O15S/c1-32(2)26-45(57(82)66-44(24-25-88-8)56(81)72-52(35(7)73)60(85)68-46(28-36-14-10-9-11-15-36)54(79)64-31-48(75)70-51(34(5)6)61(86)87)67-55(80)43(22-23-49(76)77)65-58(83)47(29-38-30-63-42-17-13-12-16-40(38)42)69-59(84)50(33(3)4)71-53(78)41(62)27-37-18-20-39(74)21-19-37/h9-21,30,32-35,41,43-47,50-52,63,73-74H,22-29,31,62H2,1-8H3,(H,64,79)(H,65,83)(H,66,82)(H,67,80)(H,68,85)(H,69,84)(H,70,75)(H,71,78)(H,72,81)(H,76,77)(H,86,87)/t35-,41+,43+,44+,45+,46+,47+,50+,51+,52+/m1/s1. The number of fused-ring (bicyclic) bond motifs is 1. The van der Waals surface area contributed by atoms with Gasteiger partial charge in [-0.15, -0.1) is 0 Å². The SMILES string of the molecule is CSCC[C@H](NC(=O)[C@H](CC(C)C)NC(=O)[C@H](CCC(=O)O)NC(=O)[C@H](Cc1c[nH]c2ccccc12)NC(=O)[C@@H](NC(=O)[C@@H](N)Cc1ccc(O)cc1)C(C)C)C(=O)N[C@H](C(=O)N[C@@H](Cc1ccccc1)C(=O)NCC(=O)N[C@H](C(=O)O)C(C)C)[C@@H](C)O. The van der Waals surface area contributed by atoms with Crippen molar-refractivity contribution >= 4 is 87.8 Å². The van der Waals surface area contributed by atoms with E-state index in [1.54, 1.807) is 121 Å². The van der Waals surface area contributed by atoms with Crippen LogP contribution in [-0.2, 0) is 72.0 Å². The molecule has 27 heteroatoms. The van der Waals surface area contributed by atoms with E-state index in [0.717, 1.165) is 0 Å². The third-order valence-electron chi connectivity index (χ3n) is 14.2. The van der Waals surface area contributed by atoms with Crippen LogP contribution in [0.4, 0.5) is 0 Å². The maximum absolute atomic E-state index is 14.6. The Kier molecular flexibility index (Phi) is 28.8. The van der Waals surface area contributed by atoms with Crippen LogP contribution in [0.3, 0.4) is 0 Å². The van der Waals surface area contributed by atoms with Crippen LogP contribution in [0.1, 0.15) is 90.8 Å². The number of nitrogens with one attached hydrogen (secondary N) is 10. The van der Waals surface area contributed by atoms with Gasteiger partial charge in [0.2, 0.25) is 53.2 Å². The summed E-state index contributed by atoms with van der Waals surface area (Å²) >= 11 is 1.31. The van der Waals surface area contributed by atoms with Crippen LogP contribution < -0.4 is 53.6 Å². The van der Waals surface area contributed by atoms with Crippen LogP contribution in [0.25, 0.3) is 10.9 Å². The van der Waals surface area contributed by atoms with Gasteiger partial charge in [-0.05, 0) is 97.3 Å². The number of phenolic OH excluding ortho intramolecular Hbond substituents is 1. The summed E-state index contributed by atoms with van der Waals surface area (Å²) in [5.41, 5.74) is 8.76. The Morgan fingerprint density at radius 3 is 1.62 bits per heavy atom. The number of thioether (sulfide) groups is 1. The third kappa shape index (κ3) is 23.3. The van der Waals surface area contributed by atoms with Crippen molar-refractivity contribution in [3.05, 3.63) is 102 Å². The van der Waals surface area contributed by atoms with E-state index in [0.29, 0.717) is 27.6 Å². The number of aromatic nitrogens is 1. The minimum atomic E-state index is -1.73. The molecule has 1 heterocycles. The molecule has 480 valence electrons. The lowest BCUT2D eigenvalue weighted by Crippen LogP contribution is -2.62. The first-order valence-electron chi connectivity index (χ1n) is 29.0. The predicted octanol–water partition coefficient (Wildman–Crippen LogP) is 0.665. The van der Waals surface area contributed by atoms with Gasteiger partial charge in [-0.1, -0.05) is 102 Å². The van der Waals surface area contributed by atoms with E-state index < -0.39 is 157 Å². The Balaban J connectivity index is 1.57. The minimum absolute atomic E-state index is 0.0199. The van der Waals surface area contributed by atoms with Crippen molar-refractivity contribution in [2.75, 3.05) is 18.6 Å². The molecule has 3 aromatic carbocycles. The Morgan fingerprint density at radius 2 is 1.05 bits per heavy atom. The highest BCUT2D eigenvalue weighted by molar-refractivity contribution is 7.98. The van der Waals surface area contributed by atoms with Gasteiger partial charge < -0.3 is 79.0 Å². The topological polar surface area (TPSA) is 419 Å². The number of carboxylic acid groups (broad SMARTS) is 2. The molecule has 0 bridgehead atoms. The van der Waals surface area contributed by atoms with Gasteiger partial charge in [-0.3, -0.25) is 47.9 Å². The third-order valence-corrected chi connectivity index (χ3v) is 14.9. The summed E-state index contributed by atoms with van der Waals surface area (Å²) in [6.45, 7) is 10.6. The smallest absolute Gasteiger partial charge is 0.326 e. The van der Waals surface area contributed by atoms with Gasteiger partial charge in [0.25, 0.3) is 0 Å². The molecule has 26 nitrogen and oxygen atoms in total. The van der Waals surface area contributed by atoms with Crippen LogP contribution in [0.5, 0.6) is 5.75 Å². The number of hydrogen-bond donors (Lipinski definition) is 15. The van der Waals surface area contributed by atoms with Crippen molar-refractivity contribution in [2.45, 2.75) is 154 Å². The van der Waals surface area contributed by atoms with Crippen molar-refractivity contribution in [1.29, 1.82) is 0 Å². The molecule has 9 amide bonds. The molecule has 10 atom stereocenters. The van der Waals surface area contributed by atoms with Crippen molar-refractivity contribution in [2.24, 2.45) is 23.5 Å². The Bertz CT molecular complexity index is 3030. The fraction of sp³-hybridized carbons (Fsp3) is 0.492. The monoisotopic (exact) mass is 1240 g/mol. The lowest BCUT2D eigenvalue weighted by molar-refractivity contribution is -0.143. The van der Waals surface area contributed by atoms with Crippen molar-refractivity contribution in [3.63, 3.8) is 0 Å². The molecule has 0 radical (unpaired) electrons. The first kappa shape index (κ1) is 71.9. The van der Waals surface area contributed by atoms with Gasteiger partial charge >= 0.3 is 11.9 Å². The van der Waals surface area contributed by atoms with Gasteiger partial charge in [0.15, 0.2) is 0 Å². The number of carbonyl (C=O) groups excluding carboxylic acids is 9. The molecule has 0 aliphatic rings. The highest BCUT2D eigenvalue weighted by Gasteiger charge is 2.37. The van der Waals surface area contributed by atoms with Crippen LogP contribution in [0.15, 0.2) is 85.1 Å². The Labute approximate surface area is 515 Å². The zero-order valence-corrected chi connectivity index (χ0v) is 51.5. The molecule has 0 fully saturated rings. The first-order chi connectivity index (χ1) is 41.6. The molecule has 4 rings (SSSR count). The van der Waals surface area contributed by atoms with E-state index in [2.05, 4.69) is 52.8 Å². The number of aliphatic hydroxyl groups excluding tert-OH is 1. The predicted molar refractivity (Wildman–Crippen MR) is 329 cm³/mol. The van der Waals surface area contributed by atoms with Crippen molar-refractivity contribution in [3.8, 4) is 5.75 Å². The number of aliphatic carboxylic acids is 2. The Hall–Kier alpha value is -8.56. The normalized spacial score (nSPS) is 14.7. The lowest BCUT2D eigenvalue weighted by Gasteiger charge is -2.29. The first-order valence-corrected chi connectivity index (χ1v) is 30.4. The van der Waals surface area contributed by atoms with E-state index in [4.69, 9.17) is 5.73 Å². The number of benzene rings is 3. The van der Waals surface area contributed by atoms with Gasteiger partial charge in [-0.25, -0.2) is 4.79 Å². The molecule has 1 aromatic heterocycles. The molecule has 0 unspecified atom stereocenters. The summed E-state index contributed by atoms with van der Waals surface area (Å²) in [5.74, 6) is -11.5. The van der Waals surface area contributed by atoms with Crippen LogP contribution >= 0.6 is 11.8 Å². The van der Waals surface area contributed by atoms with Gasteiger partial charge in [0, 0.05) is 36.4 Å². The molecule has 0 saturated heterocycles. The molecular formula is C61H85N11O15S.